The van der Waals surface area contributed by atoms with Crippen LogP contribution in [0.1, 0.15) is 0 Å². The van der Waals surface area contributed by atoms with E-state index >= 15 is 0 Å². The monoisotopic (exact) mass is 241 g/mol. The average Bonchev–Trinajstić information content (AvgIpc) is 2.17. The molecule has 1 aromatic carbocycles. The van der Waals surface area contributed by atoms with E-state index in [1.54, 1.807) is 24.3 Å². The fraction of sp³-hybridized carbons (Fsp3) is 0. The van der Waals surface area contributed by atoms with Crippen LogP contribution in [0.15, 0.2) is 35.1 Å². The smallest absolute Gasteiger partial charge is 0.356 e. The summed E-state index contributed by atoms with van der Waals surface area (Å²) in [6, 6.07) is 8.01. The highest BCUT2D eigenvalue weighted by Crippen LogP contribution is 2.14. The standard InChI is InChI=1S/C9H7NO5S/c11-9-8(15-16(12,13)14)5-6-3-1-2-4-7(6)10-9/h1-5H,(H,10,11)(H,12,13,14). The summed E-state index contributed by atoms with van der Waals surface area (Å²) in [7, 11) is -4.69. The quantitative estimate of drug-likeness (QED) is 0.755. The molecule has 0 unspecified atom stereocenters. The Morgan fingerprint density at radius 2 is 1.94 bits per heavy atom. The van der Waals surface area contributed by atoms with Gasteiger partial charge in [0.15, 0.2) is 0 Å². The Morgan fingerprint density at radius 1 is 1.25 bits per heavy atom. The third-order valence-corrected chi connectivity index (χ3v) is 2.30. The molecule has 0 spiro atoms. The van der Waals surface area contributed by atoms with Crippen molar-refractivity contribution < 1.29 is 17.2 Å². The van der Waals surface area contributed by atoms with Crippen molar-refractivity contribution in [2.45, 2.75) is 0 Å². The minimum absolute atomic E-state index is 0.471. The maximum absolute atomic E-state index is 11.4. The van der Waals surface area contributed by atoms with Gasteiger partial charge in [0.1, 0.15) is 0 Å². The van der Waals surface area contributed by atoms with Crippen LogP contribution in [0.5, 0.6) is 5.75 Å². The summed E-state index contributed by atoms with van der Waals surface area (Å²) >= 11 is 0. The molecular weight excluding hydrogens is 234 g/mol. The Hall–Kier alpha value is -1.86. The number of fused-ring (bicyclic) bond motifs is 1. The molecule has 0 radical (unpaired) electrons. The molecule has 2 aromatic rings. The Balaban J connectivity index is 2.63. The van der Waals surface area contributed by atoms with E-state index in [0.29, 0.717) is 10.9 Å². The first-order valence-electron chi connectivity index (χ1n) is 4.25. The maximum atomic E-state index is 11.4. The first-order chi connectivity index (χ1) is 7.46. The Kier molecular flexibility index (Phi) is 2.41. The lowest BCUT2D eigenvalue weighted by Gasteiger charge is -2.02. The van der Waals surface area contributed by atoms with Crippen molar-refractivity contribution in [1.82, 2.24) is 4.98 Å². The Morgan fingerprint density at radius 3 is 2.62 bits per heavy atom. The van der Waals surface area contributed by atoms with Gasteiger partial charge in [-0.15, -0.1) is 0 Å². The topological polar surface area (TPSA) is 96.5 Å². The van der Waals surface area contributed by atoms with E-state index < -0.39 is 21.7 Å². The van der Waals surface area contributed by atoms with E-state index in [4.69, 9.17) is 4.55 Å². The van der Waals surface area contributed by atoms with Gasteiger partial charge in [-0.3, -0.25) is 9.35 Å². The summed E-state index contributed by atoms with van der Waals surface area (Å²) in [5, 5.41) is 0.598. The van der Waals surface area contributed by atoms with Gasteiger partial charge in [0.25, 0.3) is 5.56 Å². The minimum Gasteiger partial charge on any atom is -0.356 e. The molecule has 0 aliphatic carbocycles. The maximum Gasteiger partial charge on any atom is 0.446 e. The summed E-state index contributed by atoms with van der Waals surface area (Å²) in [4.78, 5) is 13.8. The lowest BCUT2D eigenvalue weighted by molar-refractivity contribution is 0.385. The minimum atomic E-state index is -4.69. The number of H-pyrrole nitrogens is 1. The average molecular weight is 241 g/mol. The summed E-state index contributed by atoms with van der Waals surface area (Å²) < 4.78 is 33.5. The molecule has 0 amide bonds. The second-order valence-electron chi connectivity index (χ2n) is 3.06. The van der Waals surface area contributed by atoms with E-state index in [9.17, 15) is 13.2 Å². The molecular formula is C9H7NO5S. The molecule has 7 heteroatoms. The molecule has 0 bridgehead atoms. The van der Waals surface area contributed by atoms with Gasteiger partial charge in [-0.05, 0) is 12.1 Å². The fourth-order valence-electron chi connectivity index (χ4n) is 1.30. The summed E-state index contributed by atoms with van der Waals surface area (Å²) in [5.41, 5.74) is -0.175. The number of hydrogen-bond donors (Lipinski definition) is 2. The SMILES string of the molecule is O=c1[nH]c2ccccc2cc1OS(=O)(=O)O. The van der Waals surface area contributed by atoms with Crippen LogP contribution in [-0.2, 0) is 10.4 Å². The number of pyridine rings is 1. The van der Waals surface area contributed by atoms with Crippen LogP contribution in [0, 0.1) is 0 Å². The normalized spacial score (nSPS) is 11.6. The molecule has 1 heterocycles. The number of aromatic amines is 1. The number of para-hydroxylation sites is 1. The van der Waals surface area contributed by atoms with Gasteiger partial charge >= 0.3 is 10.4 Å². The second-order valence-corrected chi connectivity index (χ2v) is 4.08. The third kappa shape index (κ3) is 2.20. The summed E-state index contributed by atoms with van der Waals surface area (Å²) in [5.74, 6) is -0.471. The van der Waals surface area contributed by atoms with Crippen LogP contribution < -0.4 is 9.74 Å². The lowest BCUT2D eigenvalue weighted by atomic mass is 10.2. The van der Waals surface area contributed by atoms with Crippen LogP contribution >= 0.6 is 0 Å². The van der Waals surface area contributed by atoms with Crippen molar-refractivity contribution >= 4 is 21.3 Å². The van der Waals surface area contributed by atoms with Crippen molar-refractivity contribution in [3.63, 3.8) is 0 Å². The molecule has 16 heavy (non-hydrogen) atoms. The van der Waals surface area contributed by atoms with Crippen molar-refractivity contribution in [1.29, 1.82) is 0 Å². The van der Waals surface area contributed by atoms with E-state index in [2.05, 4.69) is 9.17 Å². The zero-order chi connectivity index (χ0) is 11.8. The highest BCUT2D eigenvalue weighted by atomic mass is 32.3. The number of aromatic nitrogens is 1. The molecule has 2 rings (SSSR count). The fourth-order valence-corrected chi connectivity index (χ4v) is 1.65. The van der Waals surface area contributed by atoms with Crippen LogP contribution in [-0.4, -0.2) is 18.0 Å². The molecule has 0 saturated heterocycles. The van der Waals surface area contributed by atoms with E-state index in [-0.39, 0.29) is 0 Å². The van der Waals surface area contributed by atoms with Crippen molar-refractivity contribution in [3.8, 4) is 5.75 Å². The largest absolute Gasteiger partial charge is 0.446 e. The van der Waals surface area contributed by atoms with Crippen LogP contribution in [0.3, 0.4) is 0 Å². The highest BCUT2D eigenvalue weighted by Gasteiger charge is 2.11. The zero-order valence-electron chi connectivity index (χ0n) is 7.88. The van der Waals surface area contributed by atoms with E-state index in [1.165, 1.54) is 6.07 Å². The van der Waals surface area contributed by atoms with Gasteiger partial charge < -0.3 is 9.17 Å². The number of hydrogen-bond acceptors (Lipinski definition) is 4. The van der Waals surface area contributed by atoms with Crippen molar-refractivity contribution in [2.24, 2.45) is 0 Å². The summed E-state index contributed by atoms with van der Waals surface area (Å²) in [6.45, 7) is 0. The van der Waals surface area contributed by atoms with E-state index in [1.807, 2.05) is 0 Å². The molecule has 6 nitrogen and oxygen atoms in total. The molecule has 0 fully saturated rings. The molecule has 0 aliphatic rings. The first-order valence-corrected chi connectivity index (χ1v) is 5.61. The van der Waals surface area contributed by atoms with Gasteiger partial charge in [-0.2, -0.15) is 8.42 Å². The van der Waals surface area contributed by atoms with Gasteiger partial charge in [-0.25, -0.2) is 0 Å². The number of benzene rings is 1. The molecule has 0 saturated carbocycles. The third-order valence-electron chi connectivity index (χ3n) is 1.91. The molecule has 84 valence electrons. The molecule has 0 aliphatic heterocycles. The van der Waals surface area contributed by atoms with Crippen LogP contribution in [0.4, 0.5) is 0 Å². The van der Waals surface area contributed by atoms with Crippen LogP contribution in [0.2, 0.25) is 0 Å². The van der Waals surface area contributed by atoms with Gasteiger partial charge in [0, 0.05) is 10.9 Å². The predicted octanol–water partition coefficient (Wildman–Crippen LogP) is 0.710. The van der Waals surface area contributed by atoms with Gasteiger partial charge in [0.2, 0.25) is 5.75 Å². The van der Waals surface area contributed by atoms with Crippen molar-refractivity contribution in [2.75, 3.05) is 0 Å². The Labute approximate surface area is 90.4 Å². The number of rotatable bonds is 2. The van der Waals surface area contributed by atoms with Gasteiger partial charge in [0.05, 0.1) is 0 Å². The van der Waals surface area contributed by atoms with E-state index in [0.717, 1.165) is 0 Å². The molecule has 1 aromatic heterocycles. The van der Waals surface area contributed by atoms with Crippen LogP contribution in [0.25, 0.3) is 10.9 Å². The van der Waals surface area contributed by atoms with Crippen molar-refractivity contribution in [3.05, 3.63) is 40.7 Å². The highest BCUT2D eigenvalue weighted by molar-refractivity contribution is 7.81. The Bertz CT molecular complexity index is 688. The summed E-state index contributed by atoms with van der Waals surface area (Å²) in [6.07, 6.45) is 0. The molecule has 0 atom stereocenters. The second kappa shape index (κ2) is 3.62. The first kappa shape index (κ1) is 10.7. The van der Waals surface area contributed by atoms with Gasteiger partial charge in [-0.1, -0.05) is 18.2 Å². The predicted molar refractivity (Wildman–Crippen MR) is 56.7 cm³/mol. The lowest BCUT2D eigenvalue weighted by Crippen LogP contribution is -2.15. The molecule has 2 N–H and O–H groups in total. The number of nitrogens with one attached hydrogen (secondary N) is 1. The zero-order valence-corrected chi connectivity index (χ0v) is 8.69.